The molecule has 1 aromatic rings. The molecule has 0 amide bonds. The van der Waals surface area contributed by atoms with Gasteiger partial charge in [-0.05, 0) is 30.5 Å². The Balaban J connectivity index is 0.000000686. The predicted molar refractivity (Wildman–Crippen MR) is 77.1 cm³/mol. The van der Waals surface area contributed by atoms with E-state index in [0.717, 1.165) is 6.54 Å². The Bertz CT molecular complexity index is 327. The summed E-state index contributed by atoms with van der Waals surface area (Å²) in [5.74, 6) is 0. The van der Waals surface area contributed by atoms with Crippen molar-refractivity contribution in [3.05, 3.63) is 42.0 Å². The summed E-state index contributed by atoms with van der Waals surface area (Å²) in [7, 11) is 0. The Morgan fingerprint density at radius 3 is 2.35 bits per heavy atom. The van der Waals surface area contributed by atoms with Crippen LogP contribution in [0.4, 0.5) is 0 Å². The van der Waals surface area contributed by atoms with Crippen LogP contribution in [0.15, 0.2) is 36.4 Å². The normalized spacial score (nSPS) is 15.8. The molecule has 0 bridgehead atoms. The van der Waals surface area contributed by atoms with Crippen LogP contribution < -0.4 is 0 Å². The topological polar surface area (TPSA) is 3.24 Å². The highest BCUT2D eigenvalue weighted by atomic mass is 15.1. The van der Waals surface area contributed by atoms with Crippen LogP contribution in [0, 0.1) is 0 Å². The lowest BCUT2D eigenvalue weighted by atomic mass is 9.99. The Morgan fingerprint density at radius 2 is 1.82 bits per heavy atom. The molecule has 0 saturated heterocycles. The summed E-state index contributed by atoms with van der Waals surface area (Å²) in [6.07, 6.45) is 4.84. The Kier molecular flexibility index (Phi) is 6.64. The largest absolute Gasteiger partial charge is 0.299 e. The zero-order chi connectivity index (χ0) is 12.5. The Hall–Kier alpha value is -1.08. The highest BCUT2D eigenvalue weighted by molar-refractivity contribution is 5.66. The van der Waals surface area contributed by atoms with Gasteiger partial charge < -0.3 is 0 Å². The van der Waals surface area contributed by atoms with Crippen molar-refractivity contribution in [1.82, 2.24) is 4.90 Å². The molecular formula is C16H25N. The molecule has 0 aliphatic carbocycles. The van der Waals surface area contributed by atoms with E-state index in [1.54, 1.807) is 0 Å². The first-order valence-electron chi connectivity index (χ1n) is 6.87. The van der Waals surface area contributed by atoms with E-state index >= 15 is 0 Å². The van der Waals surface area contributed by atoms with E-state index < -0.39 is 0 Å². The molecule has 0 fully saturated rings. The van der Waals surface area contributed by atoms with Crippen LogP contribution in [0.25, 0.3) is 5.57 Å². The average Bonchev–Trinajstić information content (AvgIpc) is 2.43. The third kappa shape index (κ3) is 4.35. The van der Waals surface area contributed by atoms with Crippen molar-refractivity contribution in [3.8, 4) is 0 Å². The lowest BCUT2D eigenvalue weighted by Crippen LogP contribution is -2.29. The summed E-state index contributed by atoms with van der Waals surface area (Å²) in [5, 5.41) is 0. The van der Waals surface area contributed by atoms with Gasteiger partial charge in [0.05, 0.1) is 0 Å². The third-order valence-corrected chi connectivity index (χ3v) is 2.98. The summed E-state index contributed by atoms with van der Waals surface area (Å²) in [4.78, 5) is 2.52. The van der Waals surface area contributed by atoms with E-state index in [1.807, 2.05) is 13.8 Å². The van der Waals surface area contributed by atoms with Crippen molar-refractivity contribution >= 4 is 5.57 Å². The van der Waals surface area contributed by atoms with Crippen LogP contribution in [0.3, 0.4) is 0 Å². The second kappa shape index (κ2) is 8.08. The number of rotatable bonds is 3. The SMILES string of the molecule is CC.CCCN1CC=C(c2ccccc2)CC1. The maximum absolute atomic E-state index is 2.52. The molecule has 0 unspecified atom stereocenters. The molecule has 1 heterocycles. The smallest absolute Gasteiger partial charge is 0.0169 e. The molecule has 0 N–H and O–H groups in total. The second-order valence-electron chi connectivity index (χ2n) is 4.15. The van der Waals surface area contributed by atoms with Crippen molar-refractivity contribution in [2.24, 2.45) is 0 Å². The van der Waals surface area contributed by atoms with Crippen molar-refractivity contribution < 1.29 is 0 Å². The molecule has 2 rings (SSSR count). The molecule has 1 heteroatoms. The van der Waals surface area contributed by atoms with Gasteiger partial charge in [-0.15, -0.1) is 0 Å². The molecule has 1 nitrogen and oxygen atoms in total. The van der Waals surface area contributed by atoms with Gasteiger partial charge in [0.15, 0.2) is 0 Å². The zero-order valence-corrected chi connectivity index (χ0v) is 11.4. The van der Waals surface area contributed by atoms with Crippen LogP contribution in [0.2, 0.25) is 0 Å². The molecular weight excluding hydrogens is 206 g/mol. The summed E-state index contributed by atoms with van der Waals surface area (Å²) in [6.45, 7) is 9.82. The summed E-state index contributed by atoms with van der Waals surface area (Å²) in [6, 6.07) is 10.7. The number of hydrogen-bond acceptors (Lipinski definition) is 1. The van der Waals surface area contributed by atoms with Crippen LogP contribution in [-0.2, 0) is 0 Å². The lowest BCUT2D eigenvalue weighted by molar-refractivity contribution is 0.302. The van der Waals surface area contributed by atoms with Crippen LogP contribution in [0.1, 0.15) is 39.2 Å². The maximum atomic E-state index is 2.52. The van der Waals surface area contributed by atoms with Gasteiger partial charge in [-0.2, -0.15) is 0 Å². The number of benzene rings is 1. The molecule has 0 radical (unpaired) electrons. The molecule has 0 atom stereocenters. The van der Waals surface area contributed by atoms with E-state index in [1.165, 1.54) is 37.1 Å². The van der Waals surface area contributed by atoms with Crippen LogP contribution in [0.5, 0.6) is 0 Å². The van der Waals surface area contributed by atoms with Gasteiger partial charge in [-0.25, -0.2) is 0 Å². The Labute approximate surface area is 106 Å². The minimum Gasteiger partial charge on any atom is -0.299 e. The fourth-order valence-corrected chi connectivity index (χ4v) is 2.14. The predicted octanol–water partition coefficient (Wildman–Crippen LogP) is 4.21. The van der Waals surface area contributed by atoms with Gasteiger partial charge >= 0.3 is 0 Å². The highest BCUT2D eigenvalue weighted by Gasteiger charge is 2.11. The van der Waals surface area contributed by atoms with Crippen molar-refractivity contribution in [1.29, 1.82) is 0 Å². The van der Waals surface area contributed by atoms with E-state index in [-0.39, 0.29) is 0 Å². The first kappa shape index (κ1) is 14.0. The average molecular weight is 231 g/mol. The molecule has 1 aromatic carbocycles. The van der Waals surface area contributed by atoms with Gasteiger partial charge in [0.1, 0.15) is 0 Å². The fourth-order valence-electron chi connectivity index (χ4n) is 2.14. The Morgan fingerprint density at radius 1 is 1.12 bits per heavy atom. The van der Waals surface area contributed by atoms with E-state index in [2.05, 4.69) is 48.2 Å². The summed E-state index contributed by atoms with van der Waals surface area (Å²) in [5.41, 5.74) is 2.91. The van der Waals surface area contributed by atoms with E-state index in [0.29, 0.717) is 0 Å². The molecule has 94 valence electrons. The lowest BCUT2D eigenvalue weighted by Gasteiger charge is -2.25. The molecule has 0 spiro atoms. The molecule has 1 aliphatic rings. The summed E-state index contributed by atoms with van der Waals surface area (Å²) < 4.78 is 0. The van der Waals surface area contributed by atoms with Crippen LogP contribution >= 0.6 is 0 Å². The first-order chi connectivity index (χ1) is 8.40. The zero-order valence-electron chi connectivity index (χ0n) is 11.4. The van der Waals surface area contributed by atoms with E-state index in [4.69, 9.17) is 0 Å². The van der Waals surface area contributed by atoms with Gasteiger partial charge in [0, 0.05) is 13.1 Å². The van der Waals surface area contributed by atoms with E-state index in [9.17, 15) is 0 Å². The van der Waals surface area contributed by atoms with Crippen molar-refractivity contribution in [2.75, 3.05) is 19.6 Å². The molecule has 0 aromatic heterocycles. The highest BCUT2D eigenvalue weighted by Crippen LogP contribution is 2.21. The molecule has 0 saturated carbocycles. The van der Waals surface area contributed by atoms with Crippen LogP contribution in [-0.4, -0.2) is 24.5 Å². The standard InChI is InChI=1S/C14H19N.C2H6/c1-2-10-15-11-8-14(9-12-15)13-6-4-3-5-7-13;1-2/h3-8H,2,9-12H2,1H3;1-2H3. The first-order valence-corrected chi connectivity index (χ1v) is 6.87. The second-order valence-corrected chi connectivity index (χ2v) is 4.15. The van der Waals surface area contributed by atoms with Gasteiger partial charge in [-0.1, -0.05) is 57.2 Å². The quantitative estimate of drug-likeness (QED) is 0.753. The van der Waals surface area contributed by atoms with Gasteiger partial charge in [-0.3, -0.25) is 4.90 Å². The molecule has 17 heavy (non-hydrogen) atoms. The third-order valence-electron chi connectivity index (χ3n) is 2.98. The van der Waals surface area contributed by atoms with Gasteiger partial charge in [0.2, 0.25) is 0 Å². The number of nitrogens with zero attached hydrogens (tertiary/aromatic N) is 1. The molecule has 1 aliphatic heterocycles. The number of hydrogen-bond donors (Lipinski definition) is 0. The minimum atomic E-state index is 1.12. The monoisotopic (exact) mass is 231 g/mol. The minimum absolute atomic E-state index is 1.12. The van der Waals surface area contributed by atoms with Gasteiger partial charge in [0.25, 0.3) is 0 Å². The van der Waals surface area contributed by atoms with Crippen molar-refractivity contribution in [2.45, 2.75) is 33.6 Å². The van der Waals surface area contributed by atoms with Crippen molar-refractivity contribution in [3.63, 3.8) is 0 Å². The maximum Gasteiger partial charge on any atom is 0.0169 e. The summed E-state index contributed by atoms with van der Waals surface area (Å²) >= 11 is 0. The fraction of sp³-hybridized carbons (Fsp3) is 0.500.